The minimum absolute atomic E-state index is 0.00699. The van der Waals surface area contributed by atoms with Crippen LogP contribution in [0.4, 0.5) is 0 Å². The third-order valence-corrected chi connectivity index (χ3v) is 3.48. The van der Waals surface area contributed by atoms with Gasteiger partial charge in [-0.3, -0.25) is 9.78 Å². The Balaban J connectivity index is 2.35. The Morgan fingerprint density at radius 1 is 0.952 bits per heavy atom. The number of rotatable bonds is 2. The fourth-order valence-electron chi connectivity index (χ4n) is 2.43. The maximum Gasteiger partial charge on any atom is 0.254 e. The molecule has 21 heavy (non-hydrogen) atoms. The minimum Gasteiger partial charge on any atom is -0.345 e. The lowest BCUT2D eigenvalue weighted by molar-refractivity contribution is 0.0830. The summed E-state index contributed by atoms with van der Waals surface area (Å²) in [4.78, 5) is 18.7. The monoisotopic (exact) mass is 276 g/mol. The number of hydrogen-bond donors (Lipinski definition) is 0. The molecule has 0 aliphatic rings. The van der Waals surface area contributed by atoms with Crippen molar-refractivity contribution in [3.8, 4) is 11.1 Å². The predicted octanol–water partition coefficient (Wildman–Crippen LogP) is 3.60. The zero-order valence-electron chi connectivity index (χ0n) is 12.1. The Bertz CT molecular complexity index is 795. The number of carbonyl (C=O) groups is 1. The number of nitrogens with zero attached hydrogens (tertiary/aromatic N) is 2. The van der Waals surface area contributed by atoms with E-state index in [4.69, 9.17) is 0 Å². The van der Waals surface area contributed by atoms with Crippen LogP contribution in [-0.4, -0.2) is 29.9 Å². The van der Waals surface area contributed by atoms with Crippen molar-refractivity contribution in [1.82, 2.24) is 9.88 Å². The van der Waals surface area contributed by atoms with Crippen LogP contribution in [0.2, 0.25) is 0 Å². The van der Waals surface area contributed by atoms with Crippen LogP contribution in [0, 0.1) is 0 Å². The van der Waals surface area contributed by atoms with Gasteiger partial charge in [0.15, 0.2) is 0 Å². The number of amides is 1. The second-order valence-corrected chi connectivity index (χ2v) is 5.13. The molecule has 0 N–H and O–H groups in total. The summed E-state index contributed by atoms with van der Waals surface area (Å²) in [7, 11) is 3.54. The molecule has 3 nitrogen and oxygen atoms in total. The van der Waals surface area contributed by atoms with Gasteiger partial charge in [0.05, 0.1) is 11.1 Å². The Labute approximate surface area is 123 Å². The van der Waals surface area contributed by atoms with Crippen molar-refractivity contribution in [1.29, 1.82) is 0 Å². The average molecular weight is 276 g/mol. The van der Waals surface area contributed by atoms with Gasteiger partial charge in [-0.1, -0.05) is 48.5 Å². The number of aromatic nitrogens is 1. The average Bonchev–Trinajstić information content (AvgIpc) is 2.53. The second kappa shape index (κ2) is 5.37. The molecule has 2 aromatic carbocycles. The first-order chi connectivity index (χ1) is 10.2. The lowest BCUT2D eigenvalue weighted by atomic mass is 9.97. The summed E-state index contributed by atoms with van der Waals surface area (Å²) >= 11 is 0. The molecule has 0 spiro atoms. The van der Waals surface area contributed by atoms with Crippen LogP contribution in [0.25, 0.3) is 22.0 Å². The van der Waals surface area contributed by atoms with E-state index in [9.17, 15) is 4.79 Å². The number of carbonyl (C=O) groups excluding carboxylic acids is 1. The fraction of sp³-hybridized carbons (Fsp3) is 0.111. The summed E-state index contributed by atoms with van der Waals surface area (Å²) in [5, 5.41) is 0.887. The van der Waals surface area contributed by atoms with E-state index in [1.807, 2.05) is 54.6 Å². The number of para-hydroxylation sites is 1. The van der Waals surface area contributed by atoms with Crippen molar-refractivity contribution in [2.24, 2.45) is 0 Å². The minimum atomic E-state index is -0.00699. The Hall–Kier alpha value is -2.68. The van der Waals surface area contributed by atoms with Gasteiger partial charge in [-0.15, -0.1) is 0 Å². The third kappa shape index (κ3) is 2.38. The summed E-state index contributed by atoms with van der Waals surface area (Å²) in [5.41, 5.74) is 3.41. The number of benzene rings is 2. The molecule has 0 unspecified atom stereocenters. The molecule has 0 radical (unpaired) electrons. The van der Waals surface area contributed by atoms with Gasteiger partial charge < -0.3 is 4.90 Å². The van der Waals surface area contributed by atoms with E-state index in [1.165, 1.54) is 0 Å². The molecule has 0 fully saturated rings. The van der Waals surface area contributed by atoms with Gasteiger partial charge in [-0.25, -0.2) is 0 Å². The Morgan fingerprint density at radius 2 is 1.62 bits per heavy atom. The highest BCUT2D eigenvalue weighted by Gasteiger charge is 2.18. The zero-order chi connectivity index (χ0) is 14.8. The van der Waals surface area contributed by atoms with Crippen molar-refractivity contribution >= 4 is 16.8 Å². The van der Waals surface area contributed by atoms with Crippen molar-refractivity contribution < 1.29 is 4.79 Å². The summed E-state index contributed by atoms with van der Waals surface area (Å²) in [6, 6.07) is 17.6. The van der Waals surface area contributed by atoms with E-state index < -0.39 is 0 Å². The molecule has 0 saturated carbocycles. The maximum absolute atomic E-state index is 12.7. The summed E-state index contributed by atoms with van der Waals surface area (Å²) in [5.74, 6) is -0.00699. The van der Waals surface area contributed by atoms with Crippen LogP contribution in [0.5, 0.6) is 0 Å². The van der Waals surface area contributed by atoms with Gasteiger partial charge >= 0.3 is 0 Å². The smallest absolute Gasteiger partial charge is 0.254 e. The van der Waals surface area contributed by atoms with Crippen molar-refractivity contribution in [3.63, 3.8) is 0 Å². The summed E-state index contributed by atoms with van der Waals surface area (Å²) in [6.07, 6.45) is 1.79. The highest BCUT2D eigenvalue weighted by atomic mass is 16.2. The van der Waals surface area contributed by atoms with E-state index in [2.05, 4.69) is 4.98 Å². The third-order valence-electron chi connectivity index (χ3n) is 3.48. The van der Waals surface area contributed by atoms with Crippen molar-refractivity contribution in [2.45, 2.75) is 0 Å². The van der Waals surface area contributed by atoms with E-state index in [0.29, 0.717) is 5.56 Å². The molecule has 0 aliphatic heterocycles. The van der Waals surface area contributed by atoms with E-state index in [-0.39, 0.29) is 5.91 Å². The SMILES string of the molecule is CN(C)C(=O)c1c(-c2ccccc2)cnc2ccccc12. The molecule has 3 heteroatoms. The highest BCUT2D eigenvalue weighted by Crippen LogP contribution is 2.29. The molecule has 1 amide bonds. The normalized spacial score (nSPS) is 10.6. The molecule has 3 aromatic rings. The van der Waals surface area contributed by atoms with Crippen molar-refractivity contribution in [3.05, 3.63) is 66.4 Å². The first-order valence-electron chi connectivity index (χ1n) is 6.83. The first-order valence-corrected chi connectivity index (χ1v) is 6.83. The molecule has 0 bridgehead atoms. The number of pyridine rings is 1. The second-order valence-electron chi connectivity index (χ2n) is 5.13. The molecule has 104 valence electrons. The molecule has 0 aliphatic carbocycles. The maximum atomic E-state index is 12.7. The van der Waals surface area contributed by atoms with Gasteiger partial charge in [0.1, 0.15) is 0 Å². The molecular weight excluding hydrogens is 260 g/mol. The lowest BCUT2D eigenvalue weighted by Gasteiger charge is -2.16. The molecule has 0 saturated heterocycles. The molecule has 0 atom stereocenters. The molecular formula is C18H16N2O. The van der Waals surface area contributed by atoms with Gasteiger partial charge in [0, 0.05) is 31.2 Å². The van der Waals surface area contributed by atoms with Crippen LogP contribution in [-0.2, 0) is 0 Å². The highest BCUT2D eigenvalue weighted by molar-refractivity contribution is 6.11. The largest absolute Gasteiger partial charge is 0.345 e. The van der Waals surface area contributed by atoms with Gasteiger partial charge in [-0.2, -0.15) is 0 Å². The first kappa shape index (κ1) is 13.3. The van der Waals surface area contributed by atoms with Crippen molar-refractivity contribution in [2.75, 3.05) is 14.1 Å². The van der Waals surface area contributed by atoms with Crippen LogP contribution in [0.3, 0.4) is 0 Å². The van der Waals surface area contributed by atoms with Gasteiger partial charge in [0.2, 0.25) is 0 Å². The topological polar surface area (TPSA) is 33.2 Å². The van der Waals surface area contributed by atoms with E-state index in [1.54, 1.807) is 25.2 Å². The molecule has 1 aromatic heterocycles. The summed E-state index contributed by atoms with van der Waals surface area (Å²) in [6.45, 7) is 0. The zero-order valence-corrected chi connectivity index (χ0v) is 12.1. The standard InChI is InChI=1S/C18H16N2O/c1-20(2)18(21)17-14-10-6-7-11-16(14)19-12-15(17)13-8-4-3-5-9-13/h3-12H,1-2H3. The van der Waals surface area contributed by atoms with Crippen LogP contribution in [0.15, 0.2) is 60.8 Å². The number of fused-ring (bicyclic) bond motifs is 1. The quantitative estimate of drug-likeness (QED) is 0.716. The van der Waals surface area contributed by atoms with Crippen LogP contribution < -0.4 is 0 Å². The predicted molar refractivity (Wildman–Crippen MR) is 85.2 cm³/mol. The fourth-order valence-corrected chi connectivity index (χ4v) is 2.43. The Kier molecular flexibility index (Phi) is 3.40. The van der Waals surface area contributed by atoms with Gasteiger partial charge in [-0.05, 0) is 11.6 Å². The van der Waals surface area contributed by atoms with E-state index in [0.717, 1.165) is 22.0 Å². The van der Waals surface area contributed by atoms with E-state index >= 15 is 0 Å². The van der Waals surface area contributed by atoms with Gasteiger partial charge in [0.25, 0.3) is 5.91 Å². The Morgan fingerprint density at radius 3 is 2.33 bits per heavy atom. The lowest BCUT2D eigenvalue weighted by Crippen LogP contribution is -2.22. The van der Waals surface area contributed by atoms with Crippen LogP contribution >= 0.6 is 0 Å². The molecule has 3 rings (SSSR count). The summed E-state index contributed by atoms with van der Waals surface area (Å²) < 4.78 is 0. The number of hydrogen-bond acceptors (Lipinski definition) is 2. The molecule has 1 heterocycles. The van der Waals surface area contributed by atoms with Crippen LogP contribution in [0.1, 0.15) is 10.4 Å².